The lowest BCUT2D eigenvalue weighted by atomic mass is 9.87. The highest BCUT2D eigenvalue weighted by Crippen LogP contribution is 2.38. The number of nitrogens with zero attached hydrogens (tertiary/aromatic N) is 2. The summed E-state index contributed by atoms with van der Waals surface area (Å²) in [5.74, 6) is 0.993. The van der Waals surface area contributed by atoms with Crippen LogP contribution in [0.5, 0.6) is 17.2 Å². The van der Waals surface area contributed by atoms with Gasteiger partial charge in [0.1, 0.15) is 5.75 Å². The van der Waals surface area contributed by atoms with E-state index in [1.807, 2.05) is 44.2 Å². The van der Waals surface area contributed by atoms with Gasteiger partial charge in [0, 0.05) is 31.6 Å². The van der Waals surface area contributed by atoms with E-state index < -0.39 is 62.6 Å². The first kappa shape index (κ1) is 41.7. The summed E-state index contributed by atoms with van der Waals surface area (Å²) < 4.78 is 86.1. The van der Waals surface area contributed by atoms with Crippen LogP contribution in [0.1, 0.15) is 45.1 Å². The molecule has 3 heterocycles. The molecule has 2 saturated heterocycles. The van der Waals surface area contributed by atoms with Crippen molar-refractivity contribution in [2.45, 2.75) is 80.2 Å². The predicted molar refractivity (Wildman–Crippen MR) is 205 cm³/mol. The molecule has 0 bridgehead atoms. The monoisotopic (exact) mass is 817 g/mol. The Morgan fingerprint density at radius 1 is 0.964 bits per heavy atom. The second-order valence-electron chi connectivity index (χ2n) is 15.1. The van der Waals surface area contributed by atoms with Crippen molar-refractivity contribution in [1.29, 1.82) is 0 Å². The molecule has 3 aromatic rings. The Kier molecular flexibility index (Phi) is 13.1. The summed E-state index contributed by atoms with van der Waals surface area (Å²) in [6, 6.07) is 17.9. The van der Waals surface area contributed by atoms with Crippen molar-refractivity contribution in [2.24, 2.45) is 11.3 Å². The van der Waals surface area contributed by atoms with Crippen LogP contribution in [0.2, 0.25) is 0 Å². The Balaban J connectivity index is 1.22. The first-order valence-corrected chi connectivity index (χ1v) is 21.6. The maximum Gasteiger partial charge on any atom is 0.407 e. The van der Waals surface area contributed by atoms with Crippen molar-refractivity contribution in [2.75, 3.05) is 46.8 Å². The van der Waals surface area contributed by atoms with Crippen LogP contribution >= 0.6 is 0 Å². The zero-order chi connectivity index (χ0) is 40.1. The summed E-state index contributed by atoms with van der Waals surface area (Å²) in [5.41, 5.74) is 0.113. The number of methoxy groups -OCH3 is 1. The van der Waals surface area contributed by atoms with Crippen LogP contribution in [0.15, 0.2) is 82.6 Å². The van der Waals surface area contributed by atoms with E-state index in [1.54, 1.807) is 12.1 Å². The number of carbonyl (C=O) groups is 1. The van der Waals surface area contributed by atoms with Crippen LogP contribution in [-0.4, -0.2) is 114 Å². The van der Waals surface area contributed by atoms with Gasteiger partial charge >= 0.3 is 6.09 Å². The van der Waals surface area contributed by atoms with Gasteiger partial charge in [-0.15, -0.1) is 0 Å². The van der Waals surface area contributed by atoms with Crippen LogP contribution in [0, 0.1) is 11.3 Å². The van der Waals surface area contributed by atoms with E-state index in [1.165, 1.54) is 46.6 Å². The number of hydrogen-bond acceptors (Lipinski definition) is 11. The fourth-order valence-electron chi connectivity index (χ4n) is 7.63. The molecule has 0 aromatic heterocycles. The zero-order valence-electron chi connectivity index (χ0n) is 31.8. The molecule has 1 amide bonds. The van der Waals surface area contributed by atoms with E-state index in [-0.39, 0.29) is 54.4 Å². The van der Waals surface area contributed by atoms with E-state index in [4.69, 9.17) is 23.7 Å². The topological polar surface area (TPSA) is 190 Å². The van der Waals surface area contributed by atoms with Crippen molar-refractivity contribution < 1.29 is 55.5 Å². The summed E-state index contributed by atoms with van der Waals surface area (Å²) in [4.78, 5) is 14.4. The Morgan fingerprint density at radius 2 is 1.68 bits per heavy atom. The van der Waals surface area contributed by atoms with E-state index in [9.17, 15) is 31.8 Å². The quantitative estimate of drug-likeness (QED) is 0.146. The largest absolute Gasteiger partial charge is 0.497 e. The van der Waals surface area contributed by atoms with Gasteiger partial charge in [-0.05, 0) is 73.1 Å². The van der Waals surface area contributed by atoms with E-state index in [0.717, 1.165) is 5.56 Å². The SMILES string of the molecule is COc1ccc(S(=O)(=O)NCCCCC(C)(C)CN(C[C@@H](O)[C@H](Cc2ccccc2)N(C(=O)O)[C@H]2CO[C@H]3OCC[C@H]32)S(=O)(=O)c2ccc3c(c2)OCO3)cc1. The van der Waals surface area contributed by atoms with Crippen LogP contribution < -0.4 is 18.9 Å². The lowest BCUT2D eigenvalue weighted by Gasteiger charge is -2.40. The van der Waals surface area contributed by atoms with Crippen molar-refractivity contribution in [3.05, 3.63) is 78.4 Å². The van der Waals surface area contributed by atoms with Gasteiger partial charge in [-0.2, -0.15) is 4.31 Å². The Hall–Kier alpha value is -3.97. The van der Waals surface area contributed by atoms with E-state index in [2.05, 4.69) is 4.72 Å². The molecule has 0 radical (unpaired) electrons. The second-order valence-corrected chi connectivity index (χ2v) is 18.8. The number of rotatable bonds is 19. The summed E-state index contributed by atoms with van der Waals surface area (Å²) in [5, 5.41) is 22.9. The normalized spacial score (nSPS) is 20.5. The van der Waals surface area contributed by atoms with Crippen LogP contribution in [0.4, 0.5) is 4.79 Å². The number of aliphatic hydroxyl groups excluding tert-OH is 1. The molecule has 0 aliphatic carbocycles. The molecule has 5 atom stereocenters. The molecule has 306 valence electrons. The lowest BCUT2D eigenvalue weighted by molar-refractivity contribution is -0.0906. The number of carboxylic acid groups (broad SMARTS) is 1. The number of benzene rings is 3. The average Bonchev–Trinajstić information content (AvgIpc) is 3.93. The number of nitrogens with one attached hydrogen (secondary N) is 1. The highest BCUT2D eigenvalue weighted by molar-refractivity contribution is 7.89. The van der Waals surface area contributed by atoms with Crippen LogP contribution in [0.3, 0.4) is 0 Å². The number of hydrogen-bond donors (Lipinski definition) is 3. The molecule has 3 N–H and O–H groups in total. The molecule has 0 spiro atoms. The Bertz CT molecular complexity index is 2020. The van der Waals surface area contributed by atoms with Gasteiger partial charge in [0.25, 0.3) is 0 Å². The molecule has 3 aromatic carbocycles. The van der Waals surface area contributed by atoms with Crippen LogP contribution in [0.25, 0.3) is 0 Å². The minimum Gasteiger partial charge on any atom is -0.497 e. The third kappa shape index (κ3) is 9.76. The number of unbranched alkanes of at least 4 members (excludes halogenated alkanes) is 1. The third-order valence-electron chi connectivity index (χ3n) is 10.6. The predicted octanol–water partition coefficient (Wildman–Crippen LogP) is 4.30. The van der Waals surface area contributed by atoms with Gasteiger partial charge in [0.15, 0.2) is 17.8 Å². The molecule has 15 nitrogen and oxygen atoms in total. The van der Waals surface area contributed by atoms with Crippen molar-refractivity contribution in [3.8, 4) is 17.2 Å². The molecule has 0 unspecified atom stereocenters. The molecule has 0 saturated carbocycles. The second kappa shape index (κ2) is 17.7. The number of aliphatic hydroxyl groups is 1. The number of sulfonamides is 2. The summed E-state index contributed by atoms with van der Waals surface area (Å²) in [6.45, 7) is 4.00. The highest BCUT2D eigenvalue weighted by atomic mass is 32.2. The molecule has 17 heteroatoms. The van der Waals surface area contributed by atoms with Gasteiger partial charge in [-0.25, -0.2) is 26.4 Å². The van der Waals surface area contributed by atoms with Gasteiger partial charge in [-0.3, -0.25) is 4.90 Å². The fourth-order valence-corrected chi connectivity index (χ4v) is 10.4. The third-order valence-corrected chi connectivity index (χ3v) is 13.9. The minimum absolute atomic E-state index is 0.0331. The fraction of sp³-hybridized carbons (Fsp3) is 0.513. The first-order chi connectivity index (χ1) is 26.7. The molecule has 3 aliphatic rings. The van der Waals surface area contributed by atoms with Crippen molar-refractivity contribution >= 4 is 26.1 Å². The van der Waals surface area contributed by atoms with Gasteiger partial charge < -0.3 is 33.9 Å². The summed E-state index contributed by atoms with van der Waals surface area (Å²) >= 11 is 0. The average molecular weight is 818 g/mol. The molecule has 56 heavy (non-hydrogen) atoms. The smallest absolute Gasteiger partial charge is 0.407 e. The van der Waals surface area contributed by atoms with E-state index in [0.29, 0.717) is 43.8 Å². The Labute approximate surface area is 328 Å². The molecule has 3 aliphatic heterocycles. The van der Waals surface area contributed by atoms with E-state index >= 15 is 0 Å². The standard InChI is InChI=1S/C39H51N3O12S2/c1-39(2,18-7-8-19-40-55(46,47)29-13-11-28(50-3)12-14-29)25-41(56(48,49)30-15-16-35-36(22-30)54-26-53-35)23-34(43)32(21-27-9-5-4-6-10-27)42(38(44)45)33-24-52-37-31(33)17-20-51-37/h4-6,9-16,22,31-34,37,40,43H,7-8,17-21,23-26H2,1-3H3,(H,44,45)/t31-,32-,33-,34+,37+/m0/s1. The zero-order valence-corrected chi connectivity index (χ0v) is 33.4. The molecular weight excluding hydrogens is 767 g/mol. The molecule has 2 fully saturated rings. The van der Waals surface area contributed by atoms with Crippen molar-refractivity contribution in [3.63, 3.8) is 0 Å². The lowest BCUT2D eigenvalue weighted by Crippen LogP contribution is -2.58. The van der Waals surface area contributed by atoms with Crippen molar-refractivity contribution in [1.82, 2.24) is 13.9 Å². The Morgan fingerprint density at radius 3 is 2.39 bits per heavy atom. The number of fused-ring (bicyclic) bond motifs is 2. The first-order valence-electron chi connectivity index (χ1n) is 18.7. The van der Waals surface area contributed by atoms with Crippen LogP contribution in [-0.2, 0) is 35.9 Å². The maximum atomic E-state index is 14.6. The van der Waals surface area contributed by atoms with Gasteiger partial charge in [0.2, 0.25) is 26.8 Å². The number of amides is 1. The maximum absolute atomic E-state index is 14.6. The highest BCUT2D eigenvalue weighted by Gasteiger charge is 2.49. The minimum atomic E-state index is -4.30. The summed E-state index contributed by atoms with van der Waals surface area (Å²) in [7, 11) is -6.54. The summed E-state index contributed by atoms with van der Waals surface area (Å²) in [6.07, 6.45) is -0.979. The number of ether oxygens (including phenoxy) is 5. The molecular formula is C39H51N3O12S2. The molecule has 6 rings (SSSR count). The van der Waals surface area contributed by atoms with Gasteiger partial charge in [-0.1, -0.05) is 50.6 Å². The van der Waals surface area contributed by atoms with Gasteiger partial charge in [0.05, 0.1) is 48.3 Å².